The summed E-state index contributed by atoms with van der Waals surface area (Å²) < 4.78 is 5.23. The molecule has 0 atom stereocenters. The minimum absolute atomic E-state index is 0.109. The van der Waals surface area contributed by atoms with Gasteiger partial charge in [0.05, 0.1) is 19.3 Å². The van der Waals surface area contributed by atoms with E-state index in [2.05, 4.69) is 5.32 Å². The minimum atomic E-state index is 0.109. The molecule has 0 aliphatic carbocycles. The summed E-state index contributed by atoms with van der Waals surface area (Å²) in [6.45, 7) is 1.80. The van der Waals surface area contributed by atoms with Gasteiger partial charge < -0.3 is 20.7 Å². The van der Waals surface area contributed by atoms with Crippen molar-refractivity contribution in [1.29, 1.82) is 0 Å². The highest BCUT2D eigenvalue weighted by Gasteiger charge is 2.20. The number of hydrogen-bond donors (Lipinski definition) is 2. The number of methoxy groups -OCH3 is 1. The van der Waals surface area contributed by atoms with Gasteiger partial charge in [-0.25, -0.2) is 0 Å². The lowest BCUT2D eigenvalue weighted by molar-refractivity contribution is -0.130. The standard InChI is InChI=1S/C14H21N3O2/c1-19-13-5-3-2-4-12(13)16-10-14(18)17-8-6-11(15)7-9-17/h2-5,11,16H,6-10,15H2,1H3. The number of para-hydroxylation sites is 2. The second-order valence-electron chi connectivity index (χ2n) is 4.77. The van der Waals surface area contributed by atoms with Crippen molar-refractivity contribution in [2.24, 2.45) is 5.73 Å². The first-order chi connectivity index (χ1) is 9.20. The van der Waals surface area contributed by atoms with Gasteiger partial charge in [-0.2, -0.15) is 0 Å². The zero-order valence-electron chi connectivity index (χ0n) is 11.3. The Bertz CT molecular complexity index is 428. The first kappa shape index (κ1) is 13.7. The number of nitrogens with one attached hydrogen (secondary N) is 1. The van der Waals surface area contributed by atoms with Crippen LogP contribution in [0, 0.1) is 0 Å². The number of rotatable bonds is 4. The van der Waals surface area contributed by atoms with Crippen molar-refractivity contribution in [1.82, 2.24) is 4.90 Å². The smallest absolute Gasteiger partial charge is 0.241 e. The maximum atomic E-state index is 12.1. The van der Waals surface area contributed by atoms with Crippen LogP contribution in [0.1, 0.15) is 12.8 Å². The molecule has 1 aliphatic heterocycles. The number of nitrogens with zero attached hydrogens (tertiary/aromatic N) is 1. The number of likely N-dealkylation sites (tertiary alicyclic amines) is 1. The fourth-order valence-electron chi connectivity index (χ4n) is 2.22. The third-order valence-electron chi connectivity index (χ3n) is 3.43. The number of amides is 1. The predicted octanol–water partition coefficient (Wildman–Crippen LogP) is 1.06. The third-order valence-corrected chi connectivity index (χ3v) is 3.43. The first-order valence-corrected chi connectivity index (χ1v) is 6.61. The van der Waals surface area contributed by atoms with E-state index < -0.39 is 0 Å². The monoisotopic (exact) mass is 263 g/mol. The number of anilines is 1. The van der Waals surface area contributed by atoms with E-state index in [0.717, 1.165) is 37.4 Å². The normalized spacial score (nSPS) is 16.2. The lowest BCUT2D eigenvalue weighted by Gasteiger charge is -2.30. The molecule has 1 heterocycles. The van der Waals surface area contributed by atoms with Gasteiger partial charge in [-0.05, 0) is 25.0 Å². The number of piperidine rings is 1. The summed E-state index contributed by atoms with van der Waals surface area (Å²) in [4.78, 5) is 13.9. The fourth-order valence-corrected chi connectivity index (χ4v) is 2.22. The van der Waals surface area contributed by atoms with E-state index in [9.17, 15) is 4.79 Å². The van der Waals surface area contributed by atoms with Crippen LogP contribution in [0.3, 0.4) is 0 Å². The van der Waals surface area contributed by atoms with Crippen LogP contribution < -0.4 is 15.8 Å². The van der Waals surface area contributed by atoms with E-state index in [-0.39, 0.29) is 18.5 Å². The minimum Gasteiger partial charge on any atom is -0.495 e. The molecule has 104 valence electrons. The summed E-state index contributed by atoms with van der Waals surface area (Å²) in [6, 6.07) is 7.82. The summed E-state index contributed by atoms with van der Waals surface area (Å²) in [5, 5.41) is 3.13. The summed E-state index contributed by atoms with van der Waals surface area (Å²) in [7, 11) is 1.62. The van der Waals surface area contributed by atoms with Crippen LogP contribution in [0.25, 0.3) is 0 Å². The van der Waals surface area contributed by atoms with E-state index in [1.807, 2.05) is 29.2 Å². The maximum absolute atomic E-state index is 12.1. The number of nitrogens with two attached hydrogens (primary N) is 1. The van der Waals surface area contributed by atoms with Gasteiger partial charge in [-0.1, -0.05) is 12.1 Å². The molecule has 0 radical (unpaired) electrons. The zero-order valence-corrected chi connectivity index (χ0v) is 11.3. The Morgan fingerprint density at radius 2 is 2.11 bits per heavy atom. The van der Waals surface area contributed by atoms with Gasteiger partial charge in [0.25, 0.3) is 0 Å². The van der Waals surface area contributed by atoms with Crippen molar-refractivity contribution in [2.45, 2.75) is 18.9 Å². The maximum Gasteiger partial charge on any atom is 0.241 e. The van der Waals surface area contributed by atoms with Crippen LogP contribution in [0.15, 0.2) is 24.3 Å². The SMILES string of the molecule is COc1ccccc1NCC(=O)N1CCC(N)CC1. The number of carbonyl (C=O) groups is 1. The van der Waals surface area contributed by atoms with Crippen molar-refractivity contribution in [3.63, 3.8) is 0 Å². The highest BCUT2D eigenvalue weighted by molar-refractivity contribution is 5.81. The lowest BCUT2D eigenvalue weighted by atomic mass is 10.1. The van der Waals surface area contributed by atoms with E-state index in [4.69, 9.17) is 10.5 Å². The van der Waals surface area contributed by atoms with Crippen molar-refractivity contribution < 1.29 is 9.53 Å². The average molecular weight is 263 g/mol. The summed E-state index contributed by atoms with van der Waals surface area (Å²) in [6.07, 6.45) is 1.78. The summed E-state index contributed by atoms with van der Waals surface area (Å²) >= 11 is 0. The number of benzene rings is 1. The molecule has 0 aromatic heterocycles. The molecule has 1 saturated heterocycles. The molecule has 0 unspecified atom stereocenters. The van der Waals surface area contributed by atoms with Crippen LogP contribution in [-0.2, 0) is 4.79 Å². The van der Waals surface area contributed by atoms with Crippen molar-refractivity contribution >= 4 is 11.6 Å². The van der Waals surface area contributed by atoms with Crippen molar-refractivity contribution in [2.75, 3.05) is 32.1 Å². The van der Waals surface area contributed by atoms with E-state index >= 15 is 0 Å². The van der Waals surface area contributed by atoms with Gasteiger partial charge in [0.2, 0.25) is 5.91 Å². The van der Waals surface area contributed by atoms with Gasteiger partial charge in [0.15, 0.2) is 0 Å². The second kappa shape index (κ2) is 6.43. The lowest BCUT2D eigenvalue weighted by Crippen LogP contribution is -2.44. The molecule has 0 spiro atoms. The Kier molecular flexibility index (Phi) is 4.63. The van der Waals surface area contributed by atoms with Gasteiger partial charge in [-0.15, -0.1) is 0 Å². The van der Waals surface area contributed by atoms with Crippen LogP contribution in [0.5, 0.6) is 5.75 Å². The van der Waals surface area contributed by atoms with Gasteiger partial charge in [0, 0.05) is 19.1 Å². The molecular weight excluding hydrogens is 242 g/mol. The molecule has 3 N–H and O–H groups in total. The molecule has 5 nitrogen and oxygen atoms in total. The zero-order chi connectivity index (χ0) is 13.7. The number of ether oxygens (including phenoxy) is 1. The largest absolute Gasteiger partial charge is 0.495 e. The molecule has 0 bridgehead atoms. The topological polar surface area (TPSA) is 67.6 Å². The quantitative estimate of drug-likeness (QED) is 0.852. The molecule has 1 aromatic rings. The number of hydrogen-bond acceptors (Lipinski definition) is 4. The second-order valence-corrected chi connectivity index (χ2v) is 4.77. The van der Waals surface area contributed by atoms with Crippen LogP contribution in [-0.4, -0.2) is 43.6 Å². The van der Waals surface area contributed by atoms with Gasteiger partial charge in [-0.3, -0.25) is 4.79 Å². The fraction of sp³-hybridized carbons (Fsp3) is 0.500. The Labute approximate surface area is 113 Å². The van der Waals surface area contributed by atoms with Crippen LogP contribution in [0.4, 0.5) is 5.69 Å². The van der Waals surface area contributed by atoms with Crippen LogP contribution in [0.2, 0.25) is 0 Å². The Morgan fingerprint density at radius 1 is 1.42 bits per heavy atom. The van der Waals surface area contributed by atoms with E-state index in [1.165, 1.54) is 0 Å². The first-order valence-electron chi connectivity index (χ1n) is 6.61. The van der Waals surface area contributed by atoms with Crippen LogP contribution >= 0.6 is 0 Å². The van der Waals surface area contributed by atoms with E-state index in [1.54, 1.807) is 7.11 Å². The average Bonchev–Trinajstić information content (AvgIpc) is 2.45. The van der Waals surface area contributed by atoms with E-state index in [0.29, 0.717) is 0 Å². The highest BCUT2D eigenvalue weighted by atomic mass is 16.5. The molecule has 1 aliphatic rings. The molecule has 1 aromatic carbocycles. The molecule has 19 heavy (non-hydrogen) atoms. The Balaban J connectivity index is 1.86. The van der Waals surface area contributed by atoms with Gasteiger partial charge >= 0.3 is 0 Å². The third kappa shape index (κ3) is 3.61. The number of carbonyl (C=O) groups excluding carboxylic acids is 1. The summed E-state index contributed by atoms with van der Waals surface area (Å²) in [5.41, 5.74) is 6.67. The molecule has 1 fully saturated rings. The Hall–Kier alpha value is -1.75. The summed E-state index contributed by atoms with van der Waals surface area (Å²) in [5.74, 6) is 0.855. The predicted molar refractivity (Wildman–Crippen MR) is 75.3 cm³/mol. The van der Waals surface area contributed by atoms with Crippen molar-refractivity contribution in [3.8, 4) is 5.75 Å². The molecule has 5 heteroatoms. The highest BCUT2D eigenvalue weighted by Crippen LogP contribution is 2.22. The molecule has 1 amide bonds. The molecular formula is C14H21N3O2. The Morgan fingerprint density at radius 3 is 2.79 bits per heavy atom. The van der Waals surface area contributed by atoms with Gasteiger partial charge in [0.1, 0.15) is 5.75 Å². The van der Waals surface area contributed by atoms with Crippen molar-refractivity contribution in [3.05, 3.63) is 24.3 Å². The molecule has 0 saturated carbocycles. The molecule has 2 rings (SSSR count).